The van der Waals surface area contributed by atoms with Gasteiger partial charge in [0, 0.05) is 6.54 Å². The summed E-state index contributed by atoms with van der Waals surface area (Å²) in [7, 11) is 0. The number of aryl methyl sites for hydroxylation is 2. The van der Waals surface area contributed by atoms with Crippen LogP contribution in [0.2, 0.25) is 0 Å². The first-order chi connectivity index (χ1) is 12.6. The van der Waals surface area contributed by atoms with Gasteiger partial charge in [-0.15, -0.1) is 12.4 Å². The Bertz CT molecular complexity index is 692. The fourth-order valence-electron chi connectivity index (χ4n) is 3.55. The van der Waals surface area contributed by atoms with Crippen molar-refractivity contribution < 1.29 is 13.9 Å². The normalized spacial score (nSPS) is 15.6. The molecule has 1 N–H and O–H groups in total. The quantitative estimate of drug-likeness (QED) is 0.772. The highest BCUT2D eigenvalue weighted by Gasteiger charge is 2.24. The van der Waals surface area contributed by atoms with Gasteiger partial charge in [0.25, 0.3) is 5.91 Å². The highest BCUT2D eigenvalue weighted by molar-refractivity contribution is 5.85. The molecule has 1 aromatic heterocycles. The van der Waals surface area contributed by atoms with Crippen LogP contribution in [0.3, 0.4) is 0 Å². The van der Waals surface area contributed by atoms with Crippen molar-refractivity contribution in [2.45, 2.75) is 39.2 Å². The van der Waals surface area contributed by atoms with Crippen molar-refractivity contribution in [1.29, 1.82) is 0 Å². The van der Waals surface area contributed by atoms with Crippen LogP contribution in [0.25, 0.3) is 0 Å². The minimum atomic E-state index is -0.113. The van der Waals surface area contributed by atoms with Crippen molar-refractivity contribution in [3.8, 4) is 5.75 Å². The molecule has 0 radical (unpaired) electrons. The van der Waals surface area contributed by atoms with Crippen LogP contribution in [0.5, 0.6) is 5.75 Å². The summed E-state index contributed by atoms with van der Waals surface area (Å²) in [6.45, 7) is 6.68. The van der Waals surface area contributed by atoms with E-state index in [1.165, 1.54) is 19.3 Å². The van der Waals surface area contributed by atoms with Crippen LogP contribution in [0.1, 0.15) is 42.2 Å². The van der Waals surface area contributed by atoms with Crippen molar-refractivity contribution in [2.24, 2.45) is 0 Å². The Morgan fingerprint density at radius 3 is 2.52 bits per heavy atom. The maximum atomic E-state index is 12.3. The van der Waals surface area contributed by atoms with Gasteiger partial charge in [0.2, 0.25) is 0 Å². The van der Waals surface area contributed by atoms with E-state index in [0.717, 1.165) is 35.7 Å². The van der Waals surface area contributed by atoms with Crippen LogP contribution in [0.15, 0.2) is 41.0 Å². The number of hydrogen-bond donors (Lipinski definition) is 1. The number of ether oxygens (including phenoxy) is 1. The Hall–Kier alpha value is -1.98. The van der Waals surface area contributed by atoms with Gasteiger partial charge in [0.05, 0.1) is 12.3 Å². The summed E-state index contributed by atoms with van der Waals surface area (Å²) in [6, 6.07) is 9.93. The van der Waals surface area contributed by atoms with Crippen molar-refractivity contribution in [3.05, 3.63) is 53.5 Å². The number of benzene rings is 1. The molecule has 1 aliphatic rings. The van der Waals surface area contributed by atoms with Gasteiger partial charge in [-0.05, 0) is 75.2 Å². The first kappa shape index (κ1) is 21.3. The number of amides is 1. The number of piperidine rings is 1. The molecule has 1 fully saturated rings. The first-order valence-electron chi connectivity index (χ1n) is 9.37. The topological polar surface area (TPSA) is 54.7 Å². The van der Waals surface area contributed by atoms with Crippen LogP contribution in [0, 0.1) is 13.8 Å². The number of rotatable bonds is 7. The molecule has 0 aliphatic carbocycles. The molecular formula is C21H29ClN2O3. The van der Waals surface area contributed by atoms with Gasteiger partial charge in [-0.2, -0.15) is 0 Å². The summed E-state index contributed by atoms with van der Waals surface area (Å²) < 4.78 is 11.3. The fraction of sp³-hybridized carbons (Fsp3) is 0.476. The van der Waals surface area contributed by atoms with Crippen LogP contribution in [-0.4, -0.2) is 37.0 Å². The second-order valence-electron chi connectivity index (χ2n) is 7.04. The lowest BCUT2D eigenvalue weighted by Gasteiger charge is -2.33. The van der Waals surface area contributed by atoms with Gasteiger partial charge in [-0.1, -0.05) is 12.5 Å². The van der Waals surface area contributed by atoms with E-state index in [1.54, 1.807) is 6.26 Å². The fourth-order valence-corrected chi connectivity index (χ4v) is 3.55. The van der Waals surface area contributed by atoms with E-state index in [0.29, 0.717) is 6.54 Å². The monoisotopic (exact) mass is 392 g/mol. The van der Waals surface area contributed by atoms with Crippen molar-refractivity contribution in [1.82, 2.24) is 10.2 Å². The Morgan fingerprint density at radius 2 is 1.89 bits per heavy atom. The zero-order valence-corrected chi connectivity index (χ0v) is 16.9. The van der Waals surface area contributed by atoms with Gasteiger partial charge in [-0.25, -0.2) is 0 Å². The zero-order chi connectivity index (χ0) is 18.4. The smallest absolute Gasteiger partial charge is 0.258 e. The largest absolute Gasteiger partial charge is 0.484 e. The summed E-state index contributed by atoms with van der Waals surface area (Å²) in [5, 5.41) is 3.00. The molecule has 5 nitrogen and oxygen atoms in total. The number of carbonyl (C=O) groups excluding carboxylic acids is 1. The average molecular weight is 393 g/mol. The average Bonchev–Trinajstić information content (AvgIpc) is 3.15. The molecule has 1 unspecified atom stereocenters. The standard InChI is InChI=1S/C21H28N2O3.ClH/c1-16-11-17(2)13-18(12-16)26-15-21(24)22-14-19(20-7-6-10-25-20)23-8-4-3-5-9-23;/h6-7,10-13,19H,3-5,8-9,14-15H2,1-2H3,(H,22,24);1H. The maximum absolute atomic E-state index is 12.3. The summed E-state index contributed by atoms with van der Waals surface area (Å²) in [5.74, 6) is 1.52. The molecule has 1 saturated heterocycles. The van der Waals surface area contributed by atoms with E-state index in [9.17, 15) is 4.79 Å². The number of hydrogen-bond acceptors (Lipinski definition) is 4. The molecule has 0 spiro atoms. The summed E-state index contributed by atoms with van der Waals surface area (Å²) in [6.07, 6.45) is 5.36. The summed E-state index contributed by atoms with van der Waals surface area (Å²) in [5.41, 5.74) is 2.26. The molecule has 0 bridgehead atoms. The molecule has 1 atom stereocenters. The van der Waals surface area contributed by atoms with Gasteiger partial charge in [-0.3, -0.25) is 9.69 Å². The Kier molecular flexibility index (Phi) is 8.20. The van der Waals surface area contributed by atoms with Gasteiger partial charge in [0.1, 0.15) is 11.5 Å². The van der Waals surface area contributed by atoms with Crippen LogP contribution >= 0.6 is 12.4 Å². The predicted molar refractivity (Wildman–Crippen MR) is 109 cm³/mol. The van der Waals surface area contributed by atoms with Gasteiger partial charge in [0.15, 0.2) is 6.61 Å². The third-order valence-electron chi connectivity index (χ3n) is 4.76. The molecule has 27 heavy (non-hydrogen) atoms. The molecule has 1 aromatic carbocycles. The number of nitrogens with zero attached hydrogens (tertiary/aromatic N) is 1. The lowest BCUT2D eigenvalue weighted by Crippen LogP contribution is -2.41. The third kappa shape index (κ3) is 6.29. The molecule has 148 valence electrons. The van der Waals surface area contributed by atoms with Gasteiger partial charge < -0.3 is 14.5 Å². The van der Waals surface area contributed by atoms with E-state index in [-0.39, 0.29) is 31.0 Å². The molecule has 3 rings (SSSR count). The van der Waals surface area contributed by atoms with Crippen LogP contribution < -0.4 is 10.1 Å². The molecule has 6 heteroatoms. The van der Waals surface area contributed by atoms with Crippen molar-refractivity contribution in [2.75, 3.05) is 26.2 Å². The summed E-state index contributed by atoms with van der Waals surface area (Å²) in [4.78, 5) is 14.7. The lowest BCUT2D eigenvalue weighted by atomic mass is 10.1. The number of carbonyl (C=O) groups is 1. The third-order valence-corrected chi connectivity index (χ3v) is 4.76. The zero-order valence-electron chi connectivity index (χ0n) is 16.1. The minimum Gasteiger partial charge on any atom is -0.484 e. The summed E-state index contributed by atoms with van der Waals surface area (Å²) >= 11 is 0. The second kappa shape index (κ2) is 10.4. The van der Waals surface area contributed by atoms with E-state index in [2.05, 4.69) is 16.3 Å². The van der Waals surface area contributed by atoms with Gasteiger partial charge >= 0.3 is 0 Å². The molecule has 2 heterocycles. The van der Waals surface area contributed by atoms with E-state index in [1.807, 2.05) is 38.1 Å². The highest BCUT2D eigenvalue weighted by Crippen LogP contribution is 2.24. The second-order valence-corrected chi connectivity index (χ2v) is 7.04. The van der Waals surface area contributed by atoms with Crippen LogP contribution in [0.4, 0.5) is 0 Å². The minimum absolute atomic E-state index is 0. The lowest BCUT2D eigenvalue weighted by molar-refractivity contribution is -0.123. The Labute approximate surface area is 167 Å². The highest BCUT2D eigenvalue weighted by atomic mass is 35.5. The molecule has 1 amide bonds. The maximum Gasteiger partial charge on any atom is 0.258 e. The number of likely N-dealkylation sites (tertiary alicyclic amines) is 1. The van der Waals surface area contributed by atoms with Crippen molar-refractivity contribution in [3.63, 3.8) is 0 Å². The number of nitrogens with one attached hydrogen (secondary N) is 1. The molecular weight excluding hydrogens is 364 g/mol. The van der Waals surface area contributed by atoms with E-state index >= 15 is 0 Å². The van der Waals surface area contributed by atoms with E-state index < -0.39 is 0 Å². The SMILES string of the molecule is Cc1cc(C)cc(OCC(=O)NCC(c2ccco2)N2CCCCC2)c1.Cl. The van der Waals surface area contributed by atoms with E-state index in [4.69, 9.17) is 9.15 Å². The predicted octanol–water partition coefficient (Wildman–Crippen LogP) is 4.04. The Morgan fingerprint density at radius 1 is 1.19 bits per heavy atom. The first-order valence-corrected chi connectivity index (χ1v) is 9.37. The molecule has 2 aromatic rings. The van der Waals surface area contributed by atoms with Crippen LogP contribution in [-0.2, 0) is 4.79 Å². The molecule has 1 aliphatic heterocycles. The van der Waals surface area contributed by atoms with Crippen molar-refractivity contribution >= 4 is 18.3 Å². The number of halogens is 1. The Balaban J connectivity index is 0.00000261. The number of furan rings is 1. The molecule has 0 saturated carbocycles.